The summed E-state index contributed by atoms with van der Waals surface area (Å²) >= 11 is 0. The molecule has 0 saturated heterocycles. The van der Waals surface area contributed by atoms with Crippen LogP contribution in [0.1, 0.15) is 75.3 Å². The van der Waals surface area contributed by atoms with Gasteiger partial charge in [-0.1, -0.05) is 62.8 Å². The number of rotatable bonds is 14. The molecular formula is C32H52N6O6. The molecular weight excluding hydrogens is 564 g/mol. The fourth-order valence-corrected chi connectivity index (χ4v) is 5.57. The van der Waals surface area contributed by atoms with Gasteiger partial charge in [0.2, 0.25) is 0 Å². The molecule has 1 aromatic rings. The van der Waals surface area contributed by atoms with Crippen molar-refractivity contribution in [3.05, 3.63) is 35.4 Å². The molecule has 1 aromatic carbocycles. The molecule has 4 N–H and O–H groups in total. The minimum absolute atomic E-state index is 0.0895. The second-order valence-corrected chi connectivity index (χ2v) is 12.0. The Labute approximate surface area is 262 Å². The minimum atomic E-state index is -0.569. The number of hydrogen-bond donors (Lipinski definition) is 4. The molecule has 0 unspecified atom stereocenters. The van der Waals surface area contributed by atoms with Crippen LogP contribution in [0.2, 0.25) is 0 Å². The summed E-state index contributed by atoms with van der Waals surface area (Å²) in [6.45, 7) is 2.67. The van der Waals surface area contributed by atoms with Crippen LogP contribution in [0.25, 0.3) is 0 Å². The van der Waals surface area contributed by atoms with Gasteiger partial charge in [-0.3, -0.25) is 0 Å². The zero-order chi connectivity index (χ0) is 31.6. The second-order valence-electron chi connectivity index (χ2n) is 12.0. The normalized spacial score (nSPS) is 15.5. The van der Waals surface area contributed by atoms with E-state index in [1.807, 2.05) is 24.3 Å². The zero-order valence-corrected chi connectivity index (χ0v) is 26.5. The Bertz CT molecular complexity index is 967. The van der Waals surface area contributed by atoms with E-state index in [4.69, 9.17) is 9.47 Å². The third-order valence-electron chi connectivity index (χ3n) is 8.41. The van der Waals surface area contributed by atoms with E-state index in [2.05, 4.69) is 21.3 Å². The molecule has 0 spiro atoms. The molecule has 246 valence electrons. The van der Waals surface area contributed by atoms with Crippen molar-refractivity contribution in [2.75, 3.05) is 53.5 Å². The minimum Gasteiger partial charge on any atom is -0.448 e. The third-order valence-corrected chi connectivity index (χ3v) is 8.41. The van der Waals surface area contributed by atoms with Gasteiger partial charge in [-0.05, 0) is 48.6 Å². The molecule has 0 radical (unpaired) electrons. The highest BCUT2D eigenvalue weighted by atomic mass is 16.6. The first kappa shape index (κ1) is 34.8. The smallest absolute Gasteiger partial charge is 0.407 e. The molecule has 2 aliphatic carbocycles. The van der Waals surface area contributed by atoms with Crippen LogP contribution in [0.4, 0.5) is 19.2 Å². The molecule has 2 aliphatic rings. The number of hydrogen-bond acceptors (Lipinski definition) is 6. The average Bonchev–Trinajstić information content (AvgIpc) is 3.05. The highest BCUT2D eigenvalue weighted by Gasteiger charge is 2.17. The maximum Gasteiger partial charge on any atom is 0.407 e. The van der Waals surface area contributed by atoms with Gasteiger partial charge in [-0.2, -0.15) is 0 Å². The van der Waals surface area contributed by atoms with Crippen LogP contribution in [0.5, 0.6) is 0 Å². The van der Waals surface area contributed by atoms with Crippen molar-refractivity contribution in [3.63, 3.8) is 0 Å². The zero-order valence-electron chi connectivity index (χ0n) is 26.5. The van der Waals surface area contributed by atoms with Gasteiger partial charge < -0.3 is 40.5 Å². The first-order valence-corrected chi connectivity index (χ1v) is 16.2. The number of likely N-dealkylation sites (N-methyl/N-ethyl adjacent to an activating group) is 2. The van der Waals surface area contributed by atoms with Crippen molar-refractivity contribution in [1.29, 1.82) is 0 Å². The third kappa shape index (κ3) is 13.7. The van der Waals surface area contributed by atoms with Gasteiger partial charge in [0.25, 0.3) is 0 Å². The van der Waals surface area contributed by atoms with Crippen LogP contribution in [0, 0.1) is 11.8 Å². The van der Waals surface area contributed by atoms with Gasteiger partial charge in [0, 0.05) is 40.3 Å². The Hall–Kier alpha value is -3.70. The number of carbonyl (C=O) groups excluding carboxylic acids is 4. The number of nitrogens with zero attached hydrogens (tertiary/aromatic N) is 2. The summed E-state index contributed by atoms with van der Waals surface area (Å²) in [5, 5.41) is 11.4. The molecule has 3 rings (SSSR count). The van der Waals surface area contributed by atoms with Crippen LogP contribution in [-0.2, 0) is 22.6 Å². The highest BCUT2D eigenvalue weighted by molar-refractivity contribution is 5.74. The number of nitrogens with one attached hydrogen (secondary N) is 4. The monoisotopic (exact) mass is 616 g/mol. The van der Waals surface area contributed by atoms with Gasteiger partial charge >= 0.3 is 24.2 Å². The van der Waals surface area contributed by atoms with E-state index in [9.17, 15) is 19.2 Å². The van der Waals surface area contributed by atoms with E-state index in [-0.39, 0.29) is 38.4 Å². The number of urea groups is 2. The molecule has 12 nitrogen and oxygen atoms in total. The van der Waals surface area contributed by atoms with Crippen molar-refractivity contribution in [3.8, 4) is 0 Å². The SMILES string of the molecule is CN(CCOC(=O)NCc1cccc(CNC(=O)OCCN(C)C(=O)NCC2CCCCC2)c1)C(=O)NCC1CCCCC1. The number of carbonyl (C=O) groups is 4. The number of benzene rings is 1. The van der Waals surface area contributed by atoms with Gasteiger partial charge in [0.05, 0.1) is 13.1 Å². The summed E-state index contributed by atoms with van der Waals surface area (Å²) in [5.41, 5.74) is 1.68. The summed E-state index contributed by atoms with van der Waals surface area (Å²) in [7, 11) is 3.37. The topological polar surface area (TPSA) is 141 Å². The quantitative estimate of drug-likeness (QED) is 0.241. The van der Waals surface area contributed by atoms with Crippen molar-refractivity contribution in [2.45, 2.75) is 77.3 Å². The molecule has 2 fully saturated rings. The highest BCUT2D eigenvalue weighted by Crippen LogP contribution is 2.23. The molecule has 2 saturated carbocycles. The lowest BCUT2D eigenvalue weighted by molar-refractivity contribution is 0.133. The van der Waals surface area contributed by atoms with Crippen LogP contribution >= 0.6 is 0 Å². The summed E-state index contributed by atoms with van der Waals surface area (Å²) in [5.74, 6) is 1.11. The maximum atomic E-state index is 12.3. The van der Waals surface area contributed by atoms with Crippen LogP contribution in [0.3, 0.4) is 0 Å². The lowest BCUT2D eigenvalue weighted by Gasteiger charge is -2.24. The lowest BCUT2D eigenvalue weighted by atomic mass is 9.89. The van der Waals surface area contributed by atoms with E-state index >= 15 is 0 Å². The Balaban J connectivity index is 1.23. The van der Waals surface area contributed by atoms with Crippen molar-refractivity contribution in [2.24, 2.45) is 11.8 Å². The molecule has 12 heteroatoms. The van der Waals surface area contributed by atoms with Crippen molar-refractivity contribution >= 4 is 24.2 Å². The predicted molar refractivity (Wildman–Crippen MR) is 168 cm³/mol. The Kier molecular flexibility index (Phi) is 15.5. The summed E-state index contributed by atoms with van der Waals surface area (Å²) < 4.78 is 10.4. The Morgan fingerprint density at radius 3 is 1.48 bits per heavy atom. The Morgan fingerprint density at radius 1 is 0.659 bits per heavy atom. The van der Waals surface area contributed by atoms with Gasteiger partial charge in [0.1, 0.15) is 13.2 Å². The largest absolute Gasteiger partial charge is 0.448 e. The van der Waals surface area contributed by atoms with Crippen LogP contribution in [-0.4, -0.2) is 87.5 Å². The maximum absolute atomic E-state index is 12.3. The first-order valence-electron chi connectivity index (χ1n) is 16.2. The van der Waals surface area contributed by atoms with E-state index in [1.165, 1.54) is 74.0 Å². The van der Waals surface area contributed by atoms with Crippen molar-refractivity contribution < 1.29 is 28.7 Å². The van der Waals surface area contributed by atoms with E-state index in [1.54, 1.807) is 14.1 Å². The average molecular weight is 617 g/mol. The number of alkyl carbamates (subject to hydrolysis) is 2. The predicted octanol–water partition coefficient (Wildman–Crippen LogP) is 4.58. The first-order chi connectivity index (χ1) is 21.3. The molecule has 0 atom stereocenters. The molecule has 0 bridgehead atoms. The van der Waals surface area contributed by atoms with Gasteiger partial charge in [-0.25, -0.2) is 19.2 Å². The number of ether oxygens (including phenoxy) is 2. The van der Waals surface area contributed by atoms with Crippen LogP contribution < -0.4 is 21.3 Å². The molecule has 0 heterocycles. The molecule has 0 aliphatic heterocycles. The summed E-state index contributed by atoms with van der Waals surface area (Å²) in [6, 6.07) is 7.12. The lowest BCUT2D eigenvalue weighted by Crippen LogP contribution is -2.41. The van der Waals surface area contributed by atoms with Gasteiger partial charge in [0.15, 0.2) is 0 Å². The summed E-state index contributed by atoms with van der Waals surface area (Å²) in [4.78, 5) is 51.9. The van der Waals surface area contributed by atoms with E-state index < -0.39 is 12.2 Å². The van der Waals surface area contributed by atoms with E-state index in [0.717, 1.165) is 11.1 Å². The number of amides is 6. The second kappa shape index (κ2) is 19.6. The standard InChI is InChI=1S/C32H52N6O6/c1-37(29(39)33-21-25-10-5-3-6-11-25)16-18-43-31(41)35-23-27-14-9-15-28(20-27)24-36-32(42)44-19-17-38(2)30(40)34-22-26-12-7-4-8-13-26/h9,14-15,20,25-26H,3-8,10-13,16-19,21-24H2,1-2H3,(H,33,39)(H,34,40)(H,35,41)(H,36,42). The fourth-order valence-electron chi connectivity index (χ4n) is 5.57. The van der Waals surface area contributed by atoms with Gasteiger partial charge in [-0.15, -0.1) is 0 Å². The molecule has 6 amide bonds. The fraction of sp³-hybridized carbons (Fsp3) is 0.688. The van der Waals surface area contributed by atoms with Crippen molar-refractivity contribution in [1.82, 2.24) is 31.1 Å². The molecule has 44 heavy (non-hydrogen) atoms. The Morgan fingerprint density at radius 2 is 1.07 bits per heavy atom. The molecule has 0 aromatic heterocycles. The summed E-state index contributed by atoms with van der Waals surface area (Å²) in [6.07, 6.45) is 11.0. The van der Waals surface area contributed by atoms with E-state index in [0.29, 0.717) is 38.0 Å². The van der Waals surface area contributed by atoms with Crippen LogP contribution in [0.15, 0.2) is 24.3 Å².